The van der Waals surface area contributed by atoms with Gasteiger partial charge in [0.15, 0.2) is 23.5 Å². The minimum Gasteiger partial charge on any atom is -0.380 e. The highest BCUT2D eigenvalue weighted by atomic mass is 35.6. The second-order valence-electron chi connectivity index (χ2n) is 8.81. The molecule has 28 heavy (non-hydrogen) atoms. The third-order valence-corrected chi connectivity index (χ3v) is 7.88. The molecule has 5 aliphatic rings. The average Bonchev–Trinajstić information content (AvgIpc) is 3.29. The molecule has 160 valence electrons. The molecule has 0 aromatic rings. The van der Waals surface area contributed by atoms with Gasteiger partial charge in [-0.2, -0.15) is 0 Å². The molecule has 0 bridgehead atoms. The van der Waals surface area contributed by atoms with Gasteiger partial charge in [-0.3, -0.25) is 0 Å². The summed E-state index contributed by atoms with van der Waals surface area (Å²) >= 11 is 18.9. The summed E-state index contributed by atoms with van der Waals surface area (Å²) in [5, 5.41) is 11.7. The van der Waals surface area contributed by atoms with Crippen LogP contribution >= 0.6 is 34.8 Å². The lowest BCUT2D eigenvalue weighted by atomic mass is 9.90. The fourth-order valence-electron chi connectivity index (χ4n) is 5.49. The van der Waals surface area contributed by atoms with E-state index in [2.05, 4.69) is 0 Å². The Hall–Kier alpha value is 0.630. The Morgan fingerprint density at radius 2 is 1.36 bits per heavy atom. The molecule has 5 atom stereocenters. The van der Waals surface area contributed by atoms with Crippen molar-refractivity contribution < 1.29 is 28.8 Å². The molecule has 2 spiro atoms. The van der Waals surface area contributed by atoms with Crippen LogP contribution in [0.25, 0.3) is 0 Å². The van der Waals surface area contributed by atoms with Gasteiger partial charge in [0.1, 0.15) is 18.3 Å². The standard InChI is InChI=1S/C19H27Cl3O6/c20-19(21,22)18(23)13(12-11-24-16(26-12)7-3-1-4-8-16)25-15-14(18)27-17(28-15)9-5-2-6-10-17/h12-15,23H,1-11H2/t12-,13+,14+,15-,18-/m1/s1. The zero-order valence-corrected chi connectivity index (χ0v) is 18.0. The van der Waals surface area contributed by atoms with E-state index in [-0.39, 0.29) is 6.61 Å². The summed E-state index contributed by atoms with van der Waals surface area (Å²) in [6.45, 7) is 0.276. The Bertz CT molecular complexity index is 601. The van der Waals surface area contributed by atoms with Crippen LogP contribution in [0.3, 0.4) is 0 Å². The highest BCUT2D eigenvalue weighted by Crippen LogP contribution is 2.57. The van der Waals surface area contributed by atoms with Crippen molar-refractivity contribution >= 4 is 34.8 Å². The highest BCUT2D eigenvalue weighted by molar-refractivity contribution is 6.68. The first-order valence-corrected chi connectivity index (χ1v) is 11.5. The number of alkyl halides is 3. The van der Waals surface area contributed by atoms with Crippen LogP contribution in [-0.2, 0) is 23.7 Å². The molecule has 6 nitrogen and oxygen atoms in total. The lowest BCUT2D eigenvalue weighted by Gasteiger charge is -2.42. The van der Waals surface area contributed by atoms with Crippen molar-refractivity contribution in [2.75, 3.05) is 6.61 Å². The van der Waals surface area contributed by atoms with Crippen molar-refractivity contribution in [3.63, 3.8) is 0 Å². The summed E-state index contributed by atoms with van der Waals surface area (Å²) in [5.41, 5.74) is -1.91. The second kappa shape index (κ2) is 7.07. The SMILES string of the molecule is O[C@@]1(C(Cl)(Cl)Cl)[C@H]2OC3(CCCCC3)O[C@H]2O[C@H]1[C@H]1COC2(CCCCC2)O1. The van der Waals surface area contributed by atoms with E-state index >= 15 is 0 Å². The summed E-state index contributed by atoms with van der Waals surface area (Å²) in [6.07, 6.45) is 6.38. The average molecular weight is 458 g/mol. The van der Waals surface area contributed by atoms with E-state index in [0.29, 0.717) is 0 Å². The van der Waals surface area contributed by atoms with Gasteiger partial charge in [0.25, 0.3) is 0 Å². The molecular weight excluding hydrogens is 431 g/mol. The van der Waals surface area contributed by atoms with E-state index < -0.39 is 45.6 Å². The van der Waals surface area contributed by atoms with Crippen LogP contribution in [-0.4, -0.2) is 57.3 Å². The number of rotatable bonds is 1. The second-order valence-corrected chi connectivity index (χ2v) is 11.1. The minimum absolute atomic E-state index is 0.276. The van der Waals surface area contributed by atoms with Gasteiger partial charge >= 0.3 is 0 Å². The molecule has 1 N–H and O–H groups in total. The summed E-state index contributed by atoms with van der Waals surface area (Å²) in [7, 11) is 0. The first-order valence-electron chi connectivity index (χ1n) is 10.4. The molecule has 3 saturated heterocycles. The van der Waals surface area contributed by atoms with Gasteiger partial charge in [0.05, 0.1) is 6.61 Å². The molecular formula is C19H27Cl3O6. The summed E-state index contributed by atoms with van der Waals surface area (Å²) in [6, 6.07) is 0. The quantitative estimate of drug-likeness (QED) is 0.601. The predicted molar refractivity (Wildman–Crippen MR) is 102 cm³/mol. The molecule has 9 heteroatoms. The van der Waals surface area contributed by atoms with E-state index in [0.717, 1.165) is 57.8 Å². The van der Waals surface area contributed by atoms with Gasteiger partial charge in [0, 0.05) is 25.7 Å². The molecule has 0 radical (unpaired) electrons. The Morgan fingerprint density at radius 1 is 0.750 bits per heavy atom. The smallest absolute Gasteiger partial charge is 0.224 e. The van der Waals surface area contributed by atoms with Crippen molar-refractivity contribution in [3.05, 3.63) is 0 Å². The van der Waals surface area contributed by atoms with Crippen molar-refractivity contribution in [1.82, 2.24) is 0 Å². The maximum atomic E-state index is 11.7. The Labute approximate surface area is 180 Å². The zero-order valence-electron chi connectivity index (χ0n) is 15.7. The van der Waals surface area contributed by atoms with Crippen LogP contribution < -0.4 is 0 Å². The van der Waals surface area contributed by atoms with Gasteiger partial charge in [-0.05, 0) is 25.7 Å². The number of aliphatic hydroxyl groups is 1. The lowest BCUT2D eigenvalue weighted by molar-refractivity contribution is -0.272. The molecule has 5 fully saturated rings. The Balaban J connectivity index is 1.39. The molecule has 0 aromatic carbocycles. The zero-order chi connectivity index (χ0) is 19.6. The largest absolute Gasteiger partial charge is 0.380 e. The molecule has 2 aliphatic carbocycles. The van der Waals surface area contributed by atoms with Crippen LogP contribution in [0.5, 0.6) is 0 Å². The molecule has 0 amide bonds. The van der Waals surface area contributed by atoms with Gasteiger partial charge in [-0.15, -0.1) is 0 Å². The first kappa shape index (κ1) is 20.5. The van der Waals surface area contributed by atoms with E-state index in [1.165, 1.54) is 6.42 Å². The van der Waals surface area contributed by atoms with E-state index in [9.17, 15) is 5.11 Å². The number of hydrogen-bond donors (Lipinski definition) is 1. The van der Waals surface area contributed by atoms with Crippen molar-refractivity contribution in [2.45, 2.75) is 110 Å². The number of fused-ring (bicyclic) bond motifs is 1. The maximum Gasteiger partial charge on any atom is 0.224 e. The molecule has 3 aliphatic heterocycles. The predicted octanol–water partition coefficient (Wildman–Crippen LogP) is 3.96. The normalized spacial score (nSPS) is 45.0. The van der Waals surface area contributed by atoms with Crippen molar-refractivity contribution in [3.8, 4) is 0 Å². The first-order chi connectivity index (χ1) is 13.3. The van der Waals surface area contributed by atoms with Crippen LogP contribution in [0.1, 0.15) is 64.2 Å². The highest BCUT2D eigenvalue weighted by Gasteiger charge is 2.74. The van der Waals surface area contributed by atoms with Crippen LogP contribution in [0, 0.1) is 0 Å². The number of ether oxygens (including phenoxy) is 5. The number of hydrogen-bond acceptors (Lipinski definition) is 6. The van der Waals surface area contributed by atoms with Gasteiger partial charge in [-0.25, -0.2) is 0 Å². The fraction of sp³-hybridized carbons (Fsp3) is 1.00. The maximum absolute atomic E-state index is 11.7. The van der Waals surface area contributed by atoms with Crippen molar-refractivity contribution in [1.29, 1.82) is 0 Å². The van der Waals surface area contributed by atoms with E-state index in [1.807, 2.05) is 0 Å². The van der Waals surface area contributed by atoms with Crippen molar-refractivity contribution in [2.24, 2.45) is 0 Å². The summed E-state index contributed by atoms with van der Waals surface area (Å²) in [4.78, 5) is 0. The Kier molecular flexibility index (Phi) is 5.19. The molecule has 0 aromatic heterocycles. The third kappa shape index (κ3) is 3.14. The van der Waals surface area contributed by atoms with Gasteiger partial charge < -0.3 is 28.8 Å². The molecule has 5 rings (SSSR count). The van der Waals surface area contributed by atoms with Gasteiger partial charge in [-0.1, -0.05) is 47.6 Å². The lowest BCUT2D eigenvalue weighted by Crippen LogP contribution is -2.62. The topological polar surface area (TPSA) is 66.4 Å². The van der Waals surface area contributed by atoms with E-state index in [4.69, 9.17) is 58.5 Å². The Morgan fingerprint density at radius 3 is 1.96 bits per heavy atom. The van der Waals surface area contributed by atoms with Gasteiger partial charge in [0.2, 0.25) is 3.79 Å². The summed E-state index contributed by atoms with van der Waals surface area (Å²) in [5.74, 6) is -1.38. The molecule has 0 unspecified atom stereocenters. The van der Waals surface area contributed by atoms with Crippen LogP contribution in [0.2, 0.25) is 0 Å². The van der Waals surface area contributed by atoms with Crippen LogP contribution in [0.4, 0.5) is 0 Å². The molecule has 3 heterocycles. The van der Waals surface area contributed by atoms with E-state index in [1.54, 1.807) is 0 Å². The summed E-state index contributed by atoms with van der Waals surface area (Å²) < 4.78 is 28.8. The van der Waals surface area contributed by atoms with Crippen LogP contribution in [0.15, 0.2) is 0 Å². The monoisotopic (exact) mass is 456 g/mol. The third-order valence-electron chi connectivity index (χ3n) is 6.97. The minimum atomic E-state index is -2.04. The fourth-order valence-corrected chi connectivity index (χ4v) is 6.14. The number of halogens is 3. The molecule has 2 saturated carbocycles.